The quantitative estimate of drug-likeness (QED) is 0.871. The minimum absolute atomic E-state index is 0.128. The predicted octanol–water partition coefficient (Wildman–Crippen LogP) is 1.76. The van der Waals surface area contributed by atoms with E-state index in [-0.39, 0.29) is 11.3 Å². The van der Waals surface area contributed by atoms with E-state index in [1.54, 1.807) is 0 Å². The van der Waals surface area contributed by atoms with Crippen LogP contribution in [0.15, 0.2) is 18.2 Å². The number of piperidine rings is 1. The Morgan fingerprint density at radius 3 is 2.70 bits per heavy atom. The first-order valence-electron chi connectivity index (χ1n) is 6.37. The fraction of sp³-hybridized carbons (Fsp3) is 0.429. The zero-order chi connectivity index (χ0) is 14.8. The number of carbonyl (C=O) groups excluding carboxylic acids is 1. The summed E-state index contributed by atoms with van der Waals surface area (Å²) in [5.74, 6) is -0.638. The fourth-order valence-electron chi connectivity index (χ4n) is 2.25. The van der Waals surface area contributed by atoms with Gasteiger partial charge in [0.05, 0.1) is 11.6 Å². The minimum atomic E-state index is -0.865. The van der Waals surface area contributed by atoms with Gasteiger partial charge in [-0.1, -0.05) is 11.6 Å². The van der Waals surface area contributed by atoms with Crippen molar-refractivity contribution in [1.82, 2.24) is 10.2 Å². The smallest absolute Gasteiger partial charge is 0.256 e. The Morgan fingerprint density at radius 2 is 2.15 bits per heavy atom. The molecular formula is C14H16ClN3O2. The lowest BCUT2D eigenvalue weighted by Gasteiger charge is -2.36. The van der Waals surface area contributed by atoms with Gasteiger partial charge in [-0.3, -0.25) is 4.79 Å². The number of hydrogen-bond donors (Lipinski definition) is 2. The van der Waals surface area contributed by atoms with Crippen molar-refractivity contribution in [3.8, 4) is 11.8 Å². The number of nitrogens with one attached hydrogen (secondary N) is 1. The third-order valence-electron chi connectivity index (χ3n) is 3.61. The lowest BCUT2D eigenvalue weighted by atomic mass is 9.89. The highest BCUT2D eigenvalue weighted by Gasteiger charge is 2.35. The molecule has 1 saturated heterocycles. The molecule has 5 nitrogen and oxygen atoms in total. The van der Waals surface area contributed by atoms with Crippen LogP contribution in [0.5, 0.6) is 5.75 Å². The van der Waals surface area contributed by atoms with Crippen molar-refractivity contribution in [3.05, 3.63) is 28.8 Å². The van der Waals surface area contributed by atoms with Crippen molar-refractivity contribution < 1.29 is 9.90 Å². The summed E-state index contributed by atoms with van der Waals surface area (Å²) in [7, 11) is 1.98. The molecule has 0 saturated carbocycles. The molecule has 2 N–H and O–H groups in total. The summed E-state index contributed by atoms with van der Waals surface area (Å²) in [6.45, 7) is 1.50. The normalized spacial score (nSPS) is 18.2. The summed E-state index contributed by atoms with van der Waals surface area (Å²) in [4.78, 5) is 14.3. The van der Waals surface area contributed by atoms with Gasteiger partial charge >= 0.3 is 0 Å². The maximum atomic E-state index is 12.2. The monoisotopic (exact) mass is 293 g/mol. The molecule has 1 heterocycles. The first-order valence-corrected chi connectivity index (χ1v) is 6.74. The van der Waals surface area contributed by atoms with Crippen LogP contribution in [-0.4, -0.2) is 41.6 Å². The van der Waals surface area contributed by atoms with Crippen LogP contribution in [0.25, 0.3) is 0 Å². The average Bonchev–Trinajstić information content (AvgIpc) is 2.41. The van der Waals surface area contributed by atoms with Crippen LogP contribution in [-0.2, 0) is 0 Å². The van der Waals surface area contributed by atoms with E-state index in [2.05, 4.69) is 16.3 Å². The van der Waals surface area contributed by atoms with Crippen molar-refractivity contribution in [2.75, 3.05) is 20.1 Å². The van der Waals surface area contributed by atoms with Crippen LogP contribution in [0.2, 0.25) is 5.02 Å². The van der Waals surface area contributed by atoms with E-state index in [1.807, 2.05) is 7.05 Å². The van der Waals surface area contributed by atoms with E-state index in [0.29, 0.717) is 17.9 Å². The number of rotatable bonds is 2. The van der Waals surface area contributed by atoms with E-state index in [1.165, 1.54) is 18.2 Å². The molecule has 0 atom stereocenters. The molecule has 1 amide bonds. The van der Waals surface area contributed by atoms with Crippen molar-refractivity contribution >= 4 is 17.5 Å². The molecule has 1 aromatic carbocycles. The Hall–Kier alpha value is -1.77. The van der Waals surface area contributed by atoms with Gasteiger partial charge in [0.25, 0.3) is 5.91 Å². The molecule has 0 radical (unpaired) electrons. The Labute approximate surface area is 122 Å². The number of phenols is 1. The first-order chi connectivity index (χ1) is 9.46. The van der Waals surface area contributed by atoms with Gasteiger partial charge in [0.2, 0.25) is 0 Å². The van der Waals surface area contributed by atoms with E-state index >= 15 is 0 Å². The van der Waals surface area contributed by atoms with Gasteiger partial charge in [-0.2, -0.15) is 5.26 Å². The van der Waals surface area contributed by atoms with Crippen LogP contribution < -0.4 is 5.32 Å². The number of benzene rings is 1. The van der Waals surface area contributed by atoms with E-state index in [4.69, 9.17) is 11.6 Å². The maximum absolute atomic E-state index is 12.2. The fourth-order valence-corrected chi connectivity index (χ4v) is 2.41. The molecule has 6 heteroatoms. The van der Waals surface area contributed by atoms with Gasteiger partial charge in [0, 0.05) is 18.1 Å². The van der Waals surface area contributed by atoms with Gasteiger partial charge in [-0.05, 0) is 38.1 Å². The Morgan fingerprint density at radius 1 is 1.50 bits per heavy atom. The third kappa shape index (κ3) is 3.03. The van der Waals surface area contributed by atoms with Crippen molar-refractivity contribution in [2.24, 2.45) is 0 Å². The summed E-state index contributed by atoms with van der Waals surface area (Å²) in [6, 6.07) is 6.50. The molecule has 2 rings (SSSR count). The van der Waals surface area contributed by atoms with E-state index in [9.17, 15) is 15.2 Å². The zero-order valence-corrected chi connectivity index (χ0v) is 11.9. The number of nitrogens with zero attached hydrogens (tertiary/aromatic N) is 2. The van der Waals surface area contributed by atoms with E-state index in [0.717, 1.165) is 13.1 Å². The second kappa shape index (κ2) is 5.70. The summed E-state index contributed by atoms with van der Waals surface area (Å²) in [6.07, 6.45) is 1.14. The Bertz CT molecular complexity index is 560. The number of halogens is 1. The number of aromatic hydroxyl groups is 1. The van der Waals surface area contributed by atoms with Gasteiger partial charge in [-0.25, -0.2) is 0 Å². The topological polar surface area (TPSA) is 76.4 Å². The Kier molecular flexibility index (Phi) is 4.17. The van der Waals surface area contributed by atoms with Crippen LogP contribution in [0.4, 0.5) is 0 Å². The van der Waals surface area contributed by atoms with Crippen LogP contribution in [0, 0.1) is 11.3 Å². The predicted molar refractivity (Wildman–Crippen MR) is 75.7 cm³/mol. The lowest BCUT2D eigenvalue weighted by molar-refractivity contribution is 0.0879. The number of amides is 1. The summed E-state index contributed by atoms with van der Waals surface area (Å²) < 4.78 is 0. The van der Waals surface area contributed by atoms with Crippen LogP contribution in [0.1, 0.15) is 23.2 Å². The average molecular weight is 294 g/mol. The summed E-state index contributed by atoms with van der Waals surface area (Å²) in [5, 5.41) is 22.2. The highest BCUT2D eigenvalue weighted by atomic mass is 35.5. The van der Waals surface area contributed by atoms with Gasteiger partial charge in [0.1, 0.15) is 11.3 Å². The molecule has 1 aliphatic heterocycles. The highest BCUT2D eigenvalue weighted by Crippen LogP contribution is 2.25. The maximum Gasteiger partial charge on any atom is 0.256 e. The summed E-state index contributed by atoms with van der Waals surface area (Å²) >= 11 is 5.73. The van der Waals surface area contributed by atoms with Gasteiger partial charge < -0.3 is 15.3 Å². The number of hydrogen-bond acceptors (Lipinski definition) is 4. The van der Waals surface area contributed by atoms with Gasteiger partial charge in [0.15, 0.2) is 0 Å². The largest absolute Gasteiger partial charge is 0.507 e. The third-order valence-corrected chi connectivity index (χ3v) is 3.85. The second-order valence-electron chi connectivity index (χ2n) is 5.11. The van der Waals surface area contributed by atoms with Gasteiger partial charge in [-0.15, -0.1) is 0 Å². The van der Waals surface area contributed by atoms with Crippen molar-refractivity contribution in [3.63, 3.8) is 0 Å². The first kappa shape index (κ1) is 14.6. The molecule has 1 fully saturated rings. The molecule has 106 valence electrons. The van der Waals surface area contributed by atoms with Crippen molar-refractivity contribution in [2.45, 2.75) is 18.4 Å². The number of nitriles is 1. The van der Waals surface area contributed by atoms with E-state index < -0.39 is 11.4 Å². The Balaban J connectivity index is 2.16. The molecule has 1 aromatic rings. The minimum Gasteiger partial charge on any atom is -0.507 e. The van der Waals surface area contributed by atoms with Crippen LogP contribution in [0.3, 0.4) is 0 Å². The molecule has 1 aliphatic rings. The van der Waals surface area contributed by atoms with Crippen molar-refractivity contribution in [1.29, 1.82) is 5.26 Å². The van der Waals surface area contributed by atoms with Crippen LogP contribution >= 0.6 is 11.6 Å². The molecular weight excluding hydrogens is 278 g/mol. The second-order valence-corrected chi connectivity index (χ2v) is 5.55. The molecule has 0 spiro atoms. The molecule has 0 unspecified atom stereocenters. The number of phenolic OH excluding ortho intramolecular Hbond substituents is 1. The number of likely N-dealkylation sites (tertiary alicyclic amines) is 1. The molecule has 0 bridgehead atoms. The molecule has 0 aliphatic carbocycles. The zero-order valence-electron chi connectivity index (χ0n) is 11.2. The summed E-state index contributed by atoms with van der Waals surface area (Å²) in [5.41, 5.74) is -0.738. The highest BCUT2D eigenvalue weighted by molar-refractivity contribution is 6.30. The molecule has 20 heavy (non-hydrogen) atoms. The standard InChI is InChI=1S/C14H16ClN3O2/c1-18-6-4-14(9-16,5-7-18)17-13(20)11-3-2-10(15)8-12(11)19/h2-3,8,19H,4-7H2,1H3,(H,17,20). The number of carbonyl (C=O) groups is 1. The molecule has 0 aromatic heterocycles. The SMILES string of the molecule is CN1CCC(C#N)(NC(=O)c2ccc(Cl)cc2O)CC1. The lowest BCUT2D eigenvalue weighted by Crippen LogP contribution is -2.53.